The summed E-state index contributed by atoms with van der Waals surface area (Å²) in [5.41, 5.74) is 1.09. The topological polar surface area (TPSA) is 163 Å². The molecule has 0 bridgehead atoms. The molecule has 302 valence electrons. The first-order valence-corrected chi connectivity index (χ1v) is 19.6. The molecule has 1 aromatic carbocycles. The zero-order valence-corrected chi connectivity index (χ0v) is 32.5. The van der Waals surface area contributed by atoms with Crippen molar-refractivity contribution in [1.29, 1.82) is 0 Å². The summed E-state index contributed by atoms with van der Waals surface area (Å²) in [6.45, 7) is 11.7. The Bertz CT molecular complexity index is 1100. The van der Waals surface area contributed by atoms with Crippen LogP contribution in [0, 0.1) is 0 Å². The van der Waals surface area contributed by atoms with Crippen molar-refractivity contribution in [2.45, 2.75) is 103 Å². The SMILES string of the molecule is C=Cc1ccc(OCCCCCCCCCC(=O)N[C@H](C)CCC(=O)NCCOCCOCC(=O)NCCOCCOCC(=O)NCCCCC)cc1. The number of rotatable bonds is 36. The van der Waals surface area contributed by atoms with E-state index in [-0.39, 0.29) is 49.5 Å². The van der Waals surface area contributed by atoms with Gasteiger partial charge in [-0.1, -0.05) is 76.7 Å². The number of hydrogen-bond donors (Lipinski definition) is 4. The van der Waals surface area contributed by atoms with Crippen LogP contribution in [0.15, 0.2) is 30.8 Å². The molecule has 0 aliphatic rings. The van der Waals surface area contributed by atoms with Gasteiger partial charge in [-0.2, -0.15) is 0 Å². The van der Waals surface area contributed by atoms with E-state index < -0.39 is 0 Å². The molecule has 0 aromatic heterocycles. The van der Waals surface area contributed by atoms with Crippen LogP contribution in [0.5, 0.6) is 5.75 Å². The van der Waals surface area contributed by atoms with E-state index in [2.05, 4.69) is 34.8 Å². The first-order chi connectivity index (χ1) is 25.8. The van der Waals surface area contributed by atoms with Gasteiger partial charge in [-0.25, -0.2) is 0 Å². The minimum absolute atomic E-state index is 0.0121. The Morgan fingerprint density at radius 3 is 1.75 bits per heavy atom. The number of hydrogen-bond acceptors (Lipinski definition) is 9. The molecule has 1 atom stereocenters. The van der Waals surface area contributed by atoms with Crippen molar-refractivity contribution in [3.8, 4) is 5.75 Å². The van der Waals surface area contributed by atoms with Gasteiger partial charge in [0.15, 0.2) is 0 Å². The van der Waals surface area contributed by atoms with Crippen LogP contribution in [0.2, 0.25) is 0 Å². The molecule has 1 aromatic rings. The smallest absolute Gasteiger partial charge is 0.246 e. The Kier molecular flexibility index (Phi) is 30.7. The largest absolute Gasteiger partial charge is 0.494 e. The molecule has 1 rings (SSSR count). The number of nitrogens with one attached hydrogen (secondary N) is 4. The molecular weight excluding hydrogens is 680 g/mol. The quantitative estimate of drug-likeness (QED) is 0.0712. The van der Waals surface area contributed by atoms with Crippen LogP contribution < -0.4 is 26.0 Å². The van der Waals surface area contributed by atoms with Gasteiger partial charge in [0.2, 0.25) is 23.6 Å². The van der Waals surface area contributed by atoms with E-state index in [9.17, 15) is 19.2 Å². The summed E-state index contributed by atoms with van der Waals surface area (Å²) in [5, 5.41) is 11.3. The third-order valence-corrected chi connectivity index (χ3v) is 8.09. The van der Waals surface area contributed by atoms with Crippen LogP contribution in [0.3, 0.4) is 0 Å². The van der Waals surface area contributed by atoms with Gasteiger partial charge in [-0.15, -0.1) is 0 Å². The highest BCUT2D eigenvalue weighted by Crippen LogP contribution is 2.14. The predicted octanol–water partition coefficient (Wildman–Crippen LogP) is 4.72. The third-order valence-electron chi connectivity index (χ3n) is 8.09. The number of amides is 4. The van der Waals surface area contributed by atoms with Crippen LogP contribution in [-0.4, -0.2) is 109 Å². The molecule has 13 nitrogen and oxygen atoms in total. The van der Waals surface area contributed by atoms with Crippen LogP contribution in [-0.2, 0) is 38.1 Å². The highest BCUT2D eigenvalue weighted by atomic mass is 16.5. The molecule has 0 aliphatic heterocycles. The summed E-state index contributed by atoms with van der Waals surface area (Å²) in [5.74, 6) is 0.454. The molecular formula is C40H68N4O9. The van der Waals surface area contributed by atoms with E-state index in [4.69, 9.17) is 23.7 Å². The Morgan fingerprint density at radius 1 is 0.604 bits per heavy atom. The van der Waals surface area contributed by atoms with Gasteiger partial charge in [0.05, 0.1) is 46.2 Å². The molecule has 0 saturated heterocycles. The molecule has 0 aliphatic carbocycles. The lowest BCUT2D eigenvalue weighted by Crippen LogP contribution is -2.34. The summed E-state index contributed by atoms with van der Waals surface area (Å²) in [6, 6.07) is 7.87. The third kappa shape index (κ3) is 30.6. The fraction of sp³-hybridized carbons (Fsp3) is 0.700. The monoisotopic (exact) mass is 748 g/mol. The second-order valence-corrected chi connectivity index (χ2v) is 12.9. The van der Waals surface area contributed by atoms with E-state index in [1.807, 2.05) is 37.3 Å². The Labute approximate surface area is 318 Å². The summed E-state index contributed by atoms with van der Waals surface area (Å²) in [4.78, 5) is 47.8. The van der Waals surface area contributed by atoms with Crippen molar-refractivity contribution >= 4 is 29.7 Å². The number of ether oxygens (including phenoxy) is 5. The lowest BCUT2D eigenvalue weighted by atomic mass is 10.1. The average Bonchev–Trinajstić information content (AvgIpc) is 3.15. The summed E-state index contributed by atoms with van der Waals surface area (Å²) < 4.78 is 27.2. The molecule has 13 heteroatoms. The highest BCUT2D eigenvalue weighted by Gasteiger charge is 2.10. The molecule has 0 saturated carbocycles. The van der Waals surface area contributed by atoms with Crippen LogP contribution in [0.25, 0.3) is 6.08 Å². The Morgan fingerprint density at radius 2 is 1.15 bits per heavy atom. The van der Waals surface area contributed by atoms with Crippen LogP contribution in [0.4, 0.5) is 0 Å². The fourth-order valence-electron chi connectivity index (χ4n) is 5.02. The minimum atomic E-state index is -0.256. The zero-order chi connectivity index (χ0) is 38.6. The van der Waals surface area contributed by atoms with Crippen molar-refractivity contribution in [2.75, 3.05) is 79.1 Å². The predicted molar refractivity (Wildman–Crippen MR) is 208 cm³/mol. The Balaban J connectivity index is 1.84. The van der Waals surface area contributed by atoms with Gasteiger partial charge in [-0.3, -0.25) is 19.2 Å². The van der Waals surface area contributed by atoms with E-state index in [1.165, 1.54) is 12.8 Å². The number of carbonyl (C=O) groups excluding carboxylic acids is 4. The zero-order valence-electron chi connectivity index (χ0n) is 32.5. The van der Waals surface area contributed by atoms with Crippen molar-refractivity contribution in [2.24, 2.45) is 0 Å². The summed E-state index contributed by atoms with van der Waals surface area (Å²) >= 11 is 0. The molecule has 0 radical (unpaired) electrons. The van der Waals surface area contributed by atoms with Gasteiger partial charge in [0.25, 0.3) is 0 Å². The molecule has 53 heavy (non-hydrogen) atoms. The van der Waals surface area contributed by atoms with E-state index in [1.54, 1.807) is 0 Å². The van der Waals surface area contributed by atoms with Crippen molar-refractivity contribution in [3.05, 3.63) is 36.4 Å². The van der Waals surface area contributed by atoms with Crippen molar-refractivity contribution in [1.82, 2.24) is 21.3 Å². The first-order valence-electron chi connectivity index (χ1n) is 19.6. The van der Waals surface area contributed by atoms with Gasteiger partial charge in [0.1, 0.15) is 19.0 Å². The van der Waals surface area contributed by atoms with Crippen LogP contribution >= 0.6 is 0 Å². The van der Waals surface area contributed by atoms with Crippen LogP contribution in [0.1, 0.15) is 103 Å². The lowest BCUT2D eigenvalue weighted by Gasteiger charge is -2.14. The summed E-state index contributed by atoms with van der Waals surface area (Å²) in [6.07, 6.45) is 13.9. The minimum Gasteiger partial charge on any atom is -0.494 e. The number of carbonyl (C=O) groups is 4. The second-order valence-electron chi connectivity index (χ2n) is 12.9. The normalized spacial score (nSPS) is 11.4. The van der Waals surface area contributed by atoms with Gasteiger partial charge in [-0.05, 0) is 50.3 Å². The standard InChI is InChI=1S/C40H68N4O9/c1-4-6-13-22-41-39(47)32-51-30-29-50-27-24-43-40(48)33-52-31-28-49-26-23-42-37(45)21-16-34(3)44-38(46)15-12-10-8-7-9-11-14-25-53-36-19-17-35(5-2)18-20-36/h5,17-20,34H,2,4,6-16,21-33H2,1,3H3,(H,41,47)(H,42,45)(H,43,48)(H,44,46)/t34-/m1/s1. The first kappa shape index (κ1) is 47.5. The van der Waals surface area contributed by atoms with Gasteiger partial charge >= 0.3 is 0 Å². The molecule has 0 heterocycles. The van der Waals surface area contributed by atoms with Crippen molar-refractivity contribution < 1.29 is 42.9 Å². The molecule has 0 spiro atoms. The van der Waals surface area contributed by atoms with Gasteiger partial charge in [0, 0.05) is 38.5 Å². The second kappa shape index (κ2) is 34.3. The molecule has 0 unspecified atom stereocenters. The molecule has 4 N–H and O–H groups in total. The lowest BCUT2D eigenvalue weighted by molar-refractivity contribution is -0.127. The average molecular weight is 749 g/mol. The highest BCUT2D eigenvalue weighted by molar-refractivity contribution is 5.78. The maximum Gasteiger partial charge on any atom is 0.246 e. The van der Waals surface area contributed by atoms with E-state index in [0.717, 1.165) is 69.3 Å². The maximum absolute atomic E-state index is 12.3. The van der Waals surface area contributed by atoms with Crippen molar-refractivity contribution in [3.63, 3.8) is 0 Å². The van der Waals surface area contributed by atoms with E-state index in [0.29, 0.717) is 71.9 Å². The number of benzene rings is 1. The molecule has 0 fully saturated rings. The molecule has 4 amide bonds. The Hall–Kier alpha value is -3.52. The fourth-order valence-corrected chi connectivity index (χ4v) is 5.02. The number of unbranched alkanes of at least 4 members (excludes halogenated alkanes) is 8. The van der Waals surface area contributed by atoms with Gasteiger partial charge < -0.3 is 45.0 Å². The van der Waals surface area contributed by atoms with E-state index >= 15 is 0 Å². The maximum atomic E-state index is 12.3. The summed E-state index contributed by atoms with van der Waals surface area (Å²) in [7, 11) is 0.